The summed E-state index contributed by atoms with van der Waals surface area (Å²) in [7, 11) is 1.66. The maximum absolute atomic E-state index is 5.53. The predicted molar refractivity (Wildman–Crippen MR) is 75.6 cm³/mol. The van der Waals surface area contributed by atoms with Crippen LogP contribution in [0.2, 0.25) is 0 Å². The van der Waals surface area contributed by atoms with Crippen molar-refractivity contribution in [3.05, 3.63) is 35.5 Å². The second kappa shape index (κ2) is 4.99. The van der Waals surface area contributed by atoms with Crippen molar-refractivity contribution < 1.29 is 4.74 Å². The Morgan fingerprint density at radius 3 is 2.79 bits per heavy atom. The smallest absolute Gasteiger partial charge is 0.212 e. The molecule has 1 aromatic carbocycles. The van der Waals surface area contributed by atoms with Crippen LogP contribution in [0.1, 0.15) is 5.82 Å². The van der Waals surface area contributed by atoms with E-state index in [-0.39, 0.29) is 0 Å². The molecule has 0 unspecified atom stereocenters. The molecule has 2 N–H and O–H groups in total. The highest BCUT2D eigenvalue weighted by Gasteiger charge is 2.11. The molecule has 5 nitrogen and oxygen atoms in total. The van der Waals surface area contributed by atoms with E-state index in [1.165, 1.54) is 0 Å². The lowest BCUT2D eigenvalue weighted by molar-refractivity contribution is 0.415. The van der Waals surface area contributed by atoms with Gasteiger partial charge in [-0.25, -0.2) is 9.50 Å². The average Bonchev–Trinajstić information content (AvgIpc) is 2.99. The number of hydrogen-bond acceptors (Lipinski definition) is 5. The van der Waals surface area contributed by atoms with Crippen LogP contribution < -0.4 is 10.5 Å². The molecule has 6 heteroatoms. The first-order chi connectivity index (χ1) is 9.31. The minimum Gasteiger partial charge on any atom is -0.497 e. The van der Waals surface area contributed by atoms with Crippen molar-refractivity contribution in [2.24, 2.45) is 5.73 Å². The monoisotopic (exact) mass is 274 g/mol. The Balaban J connectivity index is 2.03. The number of fused-ring (bicyclic) bond motifs is 1. The van der Waals surface area contributed by atoms with Gasteiger partial charge in [0.15, 0.2) is 5.82 Å². The van der Waals surface area contributed by atoms with E-state index in [0.717, 1.165) is 27.8 Å². The standard InChI is InChI=1S/C13H14N4OS/c1-18-10-4-2-9(3-5-10)11-8-19-13-15-12(6-7-14)16-17(11)13/h2-5,8H,6-7,14H2,1H3. The SMILES string of the molecule is COc1ccc(-c2csc3nc(CCN)nn23)cc1. The Hall–Kier alpha value is -1.92. The molecule has 0 radical (unpaired) electrons. The first-order valence-corrected chi connectivity index (χ1v) is 6.87. The summed E-state index contributed by atoms with van der Waals surface area (Å²) in [5.74, 6) is 1.64. The third-order valence-corrected chi connectivity index (χ3v) is 3.70. The number of benzene rings is 1. The normalized spacial score (nSPS) is 11.1. The van der Waals surface area contributed by atoms with Crippen molar-refractivity contribution in [2.45, 2.75) is 6.42 Å². The second-order valence-corrected chi connectivity index (χ2v) is 4.95. The summed E-state index contributed by atoms with van der Waals surface area (Å²) in [6.45, 7) is 0.565. The number of rotatable bonds is 4. The fourth-order valence-electron chi connectivity index (χ4n) is 1.92. The van der Waals surface area contributed by atoms with Crippen LogP contribution in [0.5, 0.6) is 5.75 Å². The number of aromatic nitrogens is 3. The molecule has 0 atom stereocenters. The zero-order valence-corrected chi connectivity index (χ0v) is 11.4. The molecule has 0 amide bonds. The van der Waals surface area contributed by atoms with Crippen molar-refractivity contribution in [3.63, 3.8) is 0 Å². The van der Waals surface area contributed by atoms with Crippen molar-refractivity contribution >= 4 is 16.3 Å². The fourth-order valence-corrected chi connectivity index (χ4v) is 2.77. The lowest BCUT2D eigenvalue weighted by atomic mass is 10.2. The van der Waals surface area contributed by atoms with E-state index in [2.05, 4.69) is 15.5 Å². The Kier molecular flexibility index (Phi) is 3.18. The molecule has 2 aromatic heterocycles. The van der Waals surface area contributed by atoms with Crippen molar-refractivity contribution in [2.75, 3.05) is 13.7 Å². The molecule has 0 fully saturated rings. The Morgan fingerprint density at radius 1 is 1.32 bits per heavy atom. The van der Waals surface area contributed by atoms with Crippen LogP contribution in [-0.4, -0.2) is 28.3 Å². The molecule has 0 spiro atoms. The number of hydrogen-bond donors (Lipinski definition) is 1. The average molecular weight is 274 g/mol. The van der Waals surface area contributed by atoms with Gasteiger partial charge in [-0.1, -0.05) is 0 Å². The zero-order valence-electron chi connectivity index (χ0n) is 10.5. The summed E-state index contributed by atoms with van der Waals surface area (Å²) >= 11 is 1.58. The van der Waals surface area contributed by atoms with Gasteiger partial charge in [0, 0.05) is 17.4 Å². The molecule has 0 aliphatic heterocycles. The van der Waals surface area contributed by atoms with E-state index < -0.39 is 0 Å². The minimum absolute atomic E-state index is 0.565. The first kappa shape index (κ1) is 12.1. The van der Waals surface area contributed by atoms with Crippen molar-refractivity contribution in [1.82, 2.24) is 14.6 Å². The zero-order chi connectivity index (χ0) is 13.2. The number of nitrogens with zero attached hydrogens (tertiary/aromatic N) is 3. The van der Waals surface area contributed by atoms with E-state index in [4.69, 9.17) is 10.5 Å². The van der Waals surface area contributed by atoms with Gasteiger partial charge in [-0.15, -0.1) is 16.4 Å². The van der Waals surface area contributed by atoms with Crippen molar-refractivity contribution in [3.8, 4) is 17.0 Å². The molecule has 98 valence electrons. The third kappa shape index (κ3) is 2.20. The summed E-state index contributed by atoms with van der Waals surface area (Å²) in [5.41, 5.74) is 7.67. The topological polar surface area (TPSA) is 65.4 Å². The van der Waals surface area contributed by atoms with E-state index in [1.54, 1.807) is 18.4 Å². The predicted octanol–water partition coefficient (Wildman–Crippen LogP) is 1.97. The Labute approximate surface area is 114 Å². The number of thiazole rings is 1. The maximum atomic E-state index is 5.53. The molecular weight excluding hydrogens is 260 g/mol. The maximum Gasteiger partial charge on any atom is 0.212 e. The van der Waals surface area contributed by atoms with Gasteiger partial charge < -0.3 is 10.5 Å². The van der Waals surface area contributed by atoms with Gasteiger partial charge >= 0.3 is 0 Å². The number of methoxy groups -OCH3 is 1. The highest BCUT2D eigenvalue weighted by Crippen LogP contribution is 2.26. The summed E-state index contributed by atoms with van der Waals surface area (Å²) in [6, 6.07) is 7.92. The van der Waals surface area contributed by atoms with Gasteiger partial charge in [-0.05, 0) is 30.8 Å². The van der Waals surface area contributed by atoms with E-state index in [1.807, 2.05) is 28.8 Å². The van der Waals surface area contributed by atoms with Crippen molar-refractivity contribution in [1.29, 1.82) is 0 Å². The van der Waals surface area contributed by atoms with Crippen LogP contribution in [0, 0.1) is 0 Å². The molecule has 0 saturated heterocycles. The summed E-state index contributed by atoms with van der Waals surface area (Å²) < 4.78 is 7.04. The molecule has 3 aromatic rings. The van der Waals surface area contributed by atoms with Gasteiger partial charge in [0.05, 0.1) is 12.8 Å². The number of ether oxygens (including phenoxy) is 1. The largest absolute Gasteiger partial charge is 0.497 e. The second-order valence-electron chi connectivity index (χ2n) is 4.11. The quantitative estimate of drug-likeness (QED) is 0.790. The van der Waals surface area contributed by atoms with Gasteiger partial charge in [0.2, 0.25) is 4.96 Å². The fraction of sp³-hybridized carbons (Fsp3) is 0.231. The van der Waals surface area contributed by atoms with Gasteiger partial charge in [-0.2, -0.15) is 0 Å². The van der Waals surface area contributed by atoms with Crippen LogP contribution in [0.25, 0.3) is 16.2 Å². The lowest BCUT2D eigenvalue weighted by Gasteiger charge is -2.01. The molecule has 0 aliphatic carbocycles. The minimum atomic E-state index is 0.565. The molecule has 0 saturated carbocycles. The van der Waals surface area contributed by atoms with E-state index in [0.29, 0.717) is 13.0 Å². The van der Waals surface area contributed by atoms with Crippen LogP contribution in [0.4, 0.5) is 0 Å². The van der Waals surface area contributed by atoms with Crippen LogP contribution in [-0.2, 0) is 6.42 Å². The summed E-state index contributed by atoms with van der Waals surface area (Å²) in [4.78, 5) is 5.35. The van der Waals surface area contributed by atoms with Crippen LogP contribution >= 0.6 is 11.3 Å². The van der Waals surface area contributed by atoms with Gasteiger partial charge in [0.25, 0.3) is 0 Å². The molecule has 0 bridgehead atoms. The molecule has 3 rings (SSSR count). The van der Waals surface area contributed by atoms with Crippen LogP contribution in [0.15, 0.2) is 29.6 Å². The molecule has 2 heterocycles. The molecule has 0 aliphatic rings. The number of nitrogens with two attached hydrogens (primary N) is 1. The molecular formula is C13H14N4OS. The summed E-state index contributed by atoms with van der Waals surface area (Å²) in [6.07, 6.45) is 0.705. The first-order valence-electron chi connectivity index (χ1n) is 5.99. The van der Waals surface area contributed by atoms with E-state index in [9.17, 15) is 0 Å². The third-order valence-electron chi connectivity index (χ3n) is 2.88. The van der Waals surface area contributed by atoms with Gasteiger partial charge in [-0.3, -0.25) is 0 Å². The lowest BCUT2D eigenvalue weighted by Crippen LogP contribution is -2.04. The van der Waals surface area contributed by atoms with E-state index >= 15 is 0 Å². The Morgan fingerprint density at radius 2 is 2.11 bits per heavy atom. The Bertz CT molecular complexity index is 686. The molecule has 19 heavy (non-hydrogen) atoms. The highest BCUT2D eigenvalue weighted by atomic mass is 32.1. The highest BCUT2D eigenvalue weighted by molar-refractivity contribution is 7.15. The van der Waals surface area contributed by atoms with Gasteiger partial charge in [0.1, 0.15) is 5.75 Å². The van der Waals surface area contributed by atoms with Crippen LogP contribution in [0.3, 0.4) is 0 Å². The summed E-state index contributed by atoms with van der Waals surface area (Å²) in [5, 5.41) is 6.54.